The van der Waals surface area contributed by atoms with Gasteiger partial charge in [0.25, 0.3) is 11.5 Å². The zero-order valence-electron chi connectivity index (χ0n) is 20.7. The molecular weight excluding hydrogens is 551 g/mol. The molecule has 0 aliphatic carbocycles. The SMILES string of the molecule is CC(C)(C)OC(=O)[Si]1CC(C(=O)N(c2ccc(F)cc2F)N(Cc2ccc(C(F)(F)F)cc2)C(=O)CCl)C1. The summed E-state index contributed by atoms with van der Waals surface area (Å²) in [4.78, 5) is 38.9. The van der Waals surface area contributed by atoms with Gasteiger partial charge in [-0.3, -0.25) is 14.4 Å². The molecule has 13 heteroatoms. The van der Waals surface area contributed by atoms with Crippen molar-refractivity contribution in [1.82, 2.24) is 5.01 Å². The van der Waals surface area contributed by atoms with Crippen LogP contribution in [0, 0.1) is 17.6 Å². The quantitative estimate of drug-likeness (QED) is 0.180. The number of amides is 2. The Bertz CT molecular complexity index is 1200. The molecule has 0 atom stereocenters. The molecule has 6 nitrogen and oxygen atoms in total. The van der Waals surface area contributed by atoms with Crippen LogP contribution in [-0.2, 0) is 27.0 Å². The van der Waals surface area contributed by atoms with E-state index in [1.54, 1.807) is 20.8 Å². The van der Waals surface area contributed by atoms with Gasteiger partial charge in [-0.2, -0.15) is 13.2 Å². The molecule has 2 aromatic rings. The molecule has 0 saturated carbocycles. The molecule has 0 aromatic heterocycles. The highest BCUT2D eigenvalue weighted by atomic mass is 35.5. The number of carbonyl (C=O) groups excluding carboxylic acids is 3. The van der Waals surface area contributed by atoms with Crippen LogP contribution in [0.4, 0.5) is 32.4 Å². The van der Waals surface area contributed by atoms with Crippen molar-refractivity contribution in [1.29, 1.82) is 0 Å². The number of hydrogen-bond acceptors (Lipinski definition) is 4. The fourth-order valence-electron chi connectivity index (χ4n) is 3.73. The van der Waals surface area contributed by atoms with Crippen LogP contribution in [0.15, 0.2) is 42.5 Å². The predicted molar refractivity (Wildman–Crippen MR) is 132 cm³/mol. The summed E-state index contributed by atoms with van der Waals surface area (Å²) in [6.07, 6.45) is -4.58. The summed E-state index contributed by atoms with van der Waals surface area (Å²) in [5.41, 5.74) is -2.27. The summed E-state index contributed by atoms with van der Waals surface area (Å²) >= 11 is 5.77. The van der Waals surface area contributed by atoms with Gasteiger partial charge in [0.15, 0.2) is 14.6 Å². The summed E-state index contributed by atoms with van der Waals surface area (Å²) in [6.45, 7) is 4.71. The first-order valence-corrected chi connectivity index (χ1v) is 13.9. The van der Waals surface area contributed by atoms with E-state index in [9.17, 15) is 36.3 Å². The Morgan fingerprint density at radius 1 is 1.03 bits per heavy atom. The molecule has 205 valence electrons. The lowest BCUT2D eigenvalue weighted by atomic mass is 10.1. The van der Waals surface area contributed by atoms with E-state index in [-0.39, 0.29) is 17.7 Å². The minimum atomic E-state index is -4.58. The summed E-state index contributed by atoms with van der Waals surface area (Å²) in [5.74, 6) is -5.05. The van der Waals surface area contributed by atoms with E-state index < -0.39 is 79.2 Å². The number of benzene rings is 2. The van der Waals surface area contributed by atoms with Crippen LogP contribution in [-0.4, -0.2) is 42.7 Å². The lowest BCUT2D eigenvalue weighted by Gasteiger charge is -2.40. The van der Waals surface area contributed by atoms with Crippen molar-refractivity contribution in [3.8, 4) is 0 Å². The van der Waals surface area contributed by atoms with Crippen molar-refractivity contribution in [2.45, 2.75) is 51.2 Å². The number of ether oxygens (including phenoxy) is 1. The molecule has 2 amide bonds. The highest BCUT2D eigenvalue weighted by Gasteiger charge is 2.46. The molecule has 38 heavy (non-hydrogen) atoms. The van der Waals surface area contributed by atoms with Gasteiger partial charge in [-0.15, -0.1) is 11.6 Å². The van der Waals surface area contributed by atoms with Crippen LogP contribution >= 0.6 is 11.6 Å². The van der Waals surface area contributed by atoms with Crippen LogP contribution < -0.4 is 5.01 Å². The van der Waals surface area contributed by atoms with E-state index in [1.165, 1.54) is 0 Å². The van der Waals surface area contributed by atoms with Crippen molar-refractivity contribution in [2.24, 2.45) is 5.92 Å². The van der Waals surface area contributed by atoms with Gasteiger partial charge >= 0.3 is 6.18 Å². The van der Waals surface area contributed by atoms with Crippen LogP contribution in [0.2, 0.25) is 12.1 Å². The first-order valence-electron chi connectivity index (χ1n) is 11.5. The van der Waals surface area contributed by atoms with Crippen molar-refractivity contribution in [3.05, 3.63) is 65.2 Å². The van der Waals surface area contributed by atoms with Gasteiger partial charge in [0.2, 0.25) is 5.91 Å². The number of anilines is 1. The van der Waals surface area contributed by atoms with E-state index in [0.29, 0.717) is 6.07 Å². The van der Waals surface area contributed by atoms with Gasteiger partial charge < -0.3 is 4.74 Å². The number of hydrogen-bond donors (Lipinski definition) is 0. The molecule has 1 fully saturated rings. The number of alkyl halides is 4. The maximum atomic E-state index is 14.9. The van der Waals surface area contributed by atoms with Crippen LogP contribution in [0.25, 0.3) is 0 Å². The monoisotopic (exact) mass is 575 g/mol. The minimum absolute atomic E-state index is 0.168. The van der Waals surface area contributed by atoms with Crippen LogP contribution in [0.3, 0.4) is 0 Å². The highest BCUT2D eigenvalue weighted by molar-refractivity contribution is 6.91. The van der Waals surface area contributed by atoms with Crippen molar-refractivity contribution in [2.75, 3.05) is 10.9 Å². The van der Waals surface area contributed by atoms with Gasteiger partial charge in [0, 0.05) is 12.0 Å². The lowest BCUT2D eigenvalue weighted by molar-refractivity contribution is -0.137. The molecule has 0 unspecified atom stereocenters. The van der Waals surface area contributed by atoms with Gasteiger partial charge in [-0.1, -0.05) is 12.1 Å². The zero-order chi connectivity index (χ0) is 28.4. The van der Waals surface area contributed by atoms with Crippen LogP contribution in [0.1, 0.15) is 31.9 Å². The standard InChI is InChI=1S/C25H25ClF5N2O4Si/c1-24(2,3)37-23(36)38-13-16(14-38)22(35)33(20-9-8-18(27)10-19(20)28)32(21(34)11-26)12-15-4-6-17(7-5-15)25(29,30)31/h4-10,16H,11-14H2,1-3H3. The molecular formula is C25H25ClF5N2O4Si. The van der Waals surface area contributed by atoms with Crippen molar-refractivity contribution in [3.63, 3.8) is 0 Å². The first-order chi connectivity index (χ1) is 17.6. The third-order valence-corrected chi connectivity index (χ3v) is 8.51. The Balaban J connectivity index is 1.93. The Morgan fingerprint density at radius 2 is 1.63 bits per heavy atom. The molecule has 1 radical (unpaired) electrons. The highest BCUT2D eigenvalue weighted by Crippen LogP contribution is 2.36. The first kappa shape index (κ1) is 29.6. The van der Waals surface area contributed by atoms with Gasteiger partial charge in [0.1, 0.15) is 23.0 Å². The number of carbonyl (C=O) groups is 3. The molecule has 1 heterocycles. The summed E-state index contributed by atoms with van der Waals surface area (Å²) in [6, 6.07) is 6.60. The third kappa shape index (κ3) is 7.10. The Morgan fingerprint density at radius 3 is 2.13 bits per heavy atom. The maximum Gasteiger partial charge on any atom is 0.416 e. The van der Waals surface area contributed by atoms with Gasteiger partial charge in [-0.25, -0.2) is 18.8 Å². The third-order valence-electron chi connectivity index (χ3n) is 5.63. The van der Waals surface area contributed by atoms with E-state index in [0.717, 1.165) is 46.4 Å². The second-order valence-corrected chi connectivity index (χ2v) is 12.4. The minimum Gasteiger partial charge on any atom is -0.465 e. The van der Waals surface area contributed by atoms with Crippen molar-refractivity contribution < 1.29 is 41.1 Å². The molecule has 1 aliphatic rings. The van der Waals surface area contributed by atoms with E-state index in [1.807, 2.05) is 0 Å². The topological polar surface area (TPSA) is 66.9 Å². The van der Waals surface area contributed by atoms with E-state index >= 15 is 0 Å². The molecule has 1 saturated heterocycles. The predicted octanol–water partition coefficient (Wildman–Crippen LogP) is 6.14. The smallest absolute Gasteiger partial charge is 0.416 e. The molecule has 0 N–H and O–H groups in total. The second kappa shape index (κ2) is 11.4. The Labute approximate surface area is 222 Å². The number of halogens is 6. The summed E-state index contributed by atoms with van der Waals surface area (Å²) in [7, 11) is -1.71. The maximum absolute atomic E-state index is 14.9. The molecule has 0 bridgehead atoms. The summed E-state index contributed by atoms with van der Waals surface area (Å²) < 4.78 is 72.8. The fourth-order valence-corrected chi connectivity index (χ4v) is 6.07. The van der Waals surface area contributed by atoms with Crippen LogP contribution in [0.5, 0.6) is 0 Å². The number of hydrazine groups is 1. The van der Waals surface area contributed by atoms with E-state index in [2.05, 4.69) is 0 Å². The average Bonchev–Trinajstić information content (AvgIpc) is 2.77. The fraction of sp³-hybridized carbons (Fsp3) is 0.400. The molecule has 0 spiro atoms. The molecule has 3 rings (SSSR count). The average molecular weight is 576 g/mol. The second-order valence-electron chi connectivity index (χ2n) is 9.74. The number of nitrogens with zero attached hydrogens (tertiary/aromatic N) is 2. The van der Waals surface area contributed by atoms with Gasteiger partial charge in [-0.05, 0) is 62.7 Å². The van der Waals surface area contributed by atoms with Crippen molar-refractivity contribution >= 4 is 43.5 Å². The van der Waals surface area contributed by atoms with E-state index in [4.69, 9.17) is 16.3 Å². The van der Waals surface area contributed by atoms with Gasteiger partial charge in [0.05, 0.1) is 12.1 Å². The molecule has 1 aliphatic heterocycles. The Hall–Kier alpha value is -2.99. The molecule has 2 aromatic carbocycles. The lowest BCUT2D eigenvalue weighted by Crippen LogP contribution is -2.56. The Kier molecular flexibility index (Phi) is 8.87. The zero-order valence-corrected chi connectivity index (χ0v) is 22.5. The largest absolute Gasteiger partial charge is 0.465 e. The number of rotatable bonds is 6. The normalized spacial score (nSPS) is 14.6. The summed E-state index contributed by atoms with van der Waals surface area (Å²) in [5, 5.41) is 1.54.